The zero-order valence-corrected chi connectivity index (χ0v) is 7.48. The van der Waals surface area contributed by atoms with Crippen LogP contribution in [0.25, 0.3) is 10.6 Å². The summed E-state index contributed by atoms with van der Waals surface area (Å²) < 4.78 is 0. The Morgan fingerprint density at radius 2 is 2.42 bits per heavy atom. The zero-order valence-electron chi connectivity index (χ0n) is 6.66. The van der Waals surface area contributed by atoms with E-state index in [1.165, 1.54) is 0 Å². The molecule has 0 aromatic carbocycles. The summed E-state index contributed by atoms with van der Waals surface area (Å²) in [7, 11) is 0. The quantitative estimate of drug-likeness (QED) is 0.703. The van der Waals surface area contributed by atoms with E-state index in [2.05, 4.69) is 9.97 Å². The molecule has 2 aromatic heterocycles. The van der Waals surface area contributed by atoms with Crippen LogP contribution < -0.4 is 5.73 Å². The number of imidazole rings is 1. The smallest absolute Gasteiger partial charge is 0.150 e. The Labute approximate surface area is 74.3 Å². The number of nitrogens with one attached hydrogen (secondary N) is 1. The van der Waals surface area contributed by atoms with Crippen molar-refractivity contribution in [3.8, 4) is 10.6 Å². The Kier molecular flexibility index (Phi) is 1.62. The number of rotatable bonds is 1. The summed E-state index contributed by atoms with van der Waals surface area (Å²) in [6.07, 6.45) is 0. The molecule has 0 fully saturated rings. The normalized spacial score (nSPS) is 10.4. The van der Waals surface area contributed by atoms with Gasteiger partial charge in [-0.3, -0.25) is 0 Å². The van der Waals surface area contributed by atoms with Crippen LogP contribution in [-0.4, -0.2) is 9.97 Å². The van der Waals surface area contributed by atoms with Gasteiger partial charge in [0.05, 0.1) is 10.6 Å². The van der Waals surface area contributed by atoms with Crippen molar-refractivity contribution in [3.63, 3.8) is 0 Å². The largest absolute Gasteiger partial charge is 0.382 e. The van der Waals surface area contributed by atoms with Gasteiger partial charge < -0.3 is 10.7 Å². The fourth-order valence-corrected chi connectivity index (χ4v) is 1.85. The van der Waals surface area contributed by atoms with Gasteiger partial charge >= 0.3 is 0 Å². The number of hydrogen-bond donors (Lipinski definition) is 2. The second-order valence-electron chi connectivity index (χ2n) is 2.56. The summed E-state index contributed by atoms with van der Waals surface area (Å²) in [4.78, 5) is 8.35. The van der Waals surface area contributed by atoms with Gasteiger partial charge in [0.25, 0.3) is 0 Å². The van der Waals surface area contributed by atoms with E-state index in [1.54, 1.807) is 11.3 Å². The minimum atomic E-state index is 0.579. The molecule has 3 N–H and O–H groups in total. The van der Waals surface area contributed by atoms with Crippen LogP contribution in [0.4, 0.5) is 5.82 Å². The SMILES string of the molecule is Cc1nc(N)c(-c2cccs2)[nH]1. The molecule has 62 valence electrons. The molecule has 0 saturated carbocycles. The second kappa shape index (κ2) is 2.64. The van der Waals surface area contributed by atoms with Gasteiger partial charge in [-0.2, -0.15) is 0 Å². The summed E-state index contributed by atoms with van der Waals surface area (Å²) in [5.74, 6) is 1.44. The number of nitrogens with zero attached hydrogens (tertiary/aromatic N) is 1. The summed E-state index contributed by atoms with van der Waals surface area (Å²) >= 11 is 1.65. The van der Waals surface area contributed by atoms with Gasteiger partial charge in [-0.15, -0.1) is 11.3 Å². The number of aromatic nitrogens is 2. The van der Waals surface area contributed by atoms with E-state index in [1.807, 2.05) is 24.4 Å². The maximum atomic E-state index is 5.70. The van der Waals surface area contributed by atoms with Crippen molar-refractivity contribution in [3.05, 3.63) is 23.3 Å². The van der Waals surface area contributed by atoms with E-state index in [4.69, 9.17) is 5.73 Å². The lowest BCUT2D eigenvalue weighted by molar-refractivity contribution is 1.15. The highest BCUT2D eigenvalue weighted by Gasteiger charge is 2.06. The standard InChI is InChI=1S/C8H9N3S/c1-5-10-7(8(9)11-5)6-3-2-4-12-6/h2-4H,9H2,1H3,(H,10,11). The summed E-state index contributed by atoms with van der Waals surface area (Å²) in [5.41, 5.74) is 6.63. The van der Waals surface area contributed by atoms with Crippen LogP contribution in [0.1, 0.15) is 5.82 Å². The molecular formula is C8H9N3S. The number of thiophene rings is 1. The molecule has 2 aromatic rings. The third kappa shape index (κ3) is 1.10. The Balaban J connectivity index is 2.54. The number of H-pyrrole nitrogens is 1. The Morgan fingerprint density at radius 3 is 2.92 bits per heavy atom. The number of aryl methyl sites for hydroxylation is 1. The monoisotopic (exact) mass is 179 g/mol. The number of nitrogens with two attached hydrogens (primary N) is 1. The number of hydrogen-bond acceptors (Lipinski definition) is 3. The first kappa shape index (κ1) is 7.36. The van der Waals surface area contributed by atoms with Gasteiger partial charge in [-0.05, 0) is 18.4 Å². The fourth-order valence-electron chi connectivity index (χ4n) is 1.12. The van der Waals surface area contributed by atoms with Crippen LogP contribution >= 0.6 is 11.3 Å². The van der Waals surface area contributed by atoms with E-state index in [0.29, 0.717) is 5.82 Å². The minimum Gasteiger partial charge on any atom is -0.382 e. The molecule has 3 nitrogen and oxygen atoms in total. The van der Waals surface area contributed by atoms with Crippen LogP contribution in [0.3, 0.4) is 0 Å². The highest BCUT2D eigenvalue weighted by Crippen LogP contribution is 2.27. The summed E-state index contributed by atoms with van der Waals surface area (Å²) in [5, 5.41) is 2.02. The van der Waals surface area contributed by atoms with Crippen molar-refractivity contribution in [2.75, 3.05) is 5.73 Å². The predicted octanol–water partition coefficient (Wildman–Crippen LogP) is 2.03. The molecule has 12 heavy (non-hydrogen) atoms. The average molecular weight is 179 g/mol. The molecule has 0 saturated heterocycles. The van der Waals surface area contributed by atoms with Gasteiger partial charge in [0, 0.05) is 0 Å². The summed E-state index contributed by atoms with van der Waals surface area (Å²) in [6.45, 7) is 1.90. The average Bonchev–Trinajstić information content (AvgIpc) is 2.58. The third-order valence-electron chi connectivity index (χ3n) is 1.62. The van der Waals surface area contributed by atoms with Crippen LogP contribution in [-0.2, 0) is 0 Å². The molecule has 0 aliphatic carbocycles. The van der Waals surface area contributed by atoms with Gasteiger partial charge in [0.1, 0.15) is 5.82 Å². The molecule has 0 atom stereocenters. The molecule has 0 aliphatic rings. The van der Waals surface area contributed by atoms with Crippen molar-refractivity contribution in [2.45, 2.75) is 6.92 Å². The van der Waals surface area contributed by atoms with Gasteiger partial charge in [-0.1, -0.05) is 6.07 Å². The lowest BCUT2D eigenvalue weighted by atomic mass is 10.3. The lowest BCUT2D eigenvalue weighted by Gasteiger charge is -1.91. The third-order valence-corrected chi connectivity index (χ3v) is 2.51. The van der Waals surface area contributed by atoms with Crippen molar-refractivity contribution >= 4 is 17.2 Å². The van der Waals surface area contributed by atoms with E-state index in [-0.39, 0.29) is 0 Å². The Morgan fingerprint density at radius 1 is 1.58 bits per heavy atom. The molecule has 0 unspecified atom stereocenters. The number of aromatic amines is 1. The van der Waals surface area contributed by atoms with Crippen molar-refractivity contribution in [1.82, 2.24) is 9.97 Å². The van der Waals surface area contributed by atoms with Crippen molar-refractivity contribution in [2.24, 2.45) is 0 Å². The molecule has 4 heteroatoms. The highest BCUT2D eigenvalue weighted by atomic mass is 32.1. The Bertz CT molecular complexity index is 375. The molecule has 0 spiro atoms. The van der Waals surface area contributed by atoms with Crippen LogP contribution in [0.5, 0.6) is 0 Å². The minimum absolute atomic E-state index is 0.579. The Hall–Kier alpha value is -1.29. The molecule has 2 heterocycles. The van der Waals surface area contributed by atoms with E-state index >= 15 is 0 Å². The van der Waals surface area contributed by atoms with Crippen LogP contribution in [0.2, 0.25) is 0 Å². The molecule has 0 aliphatic heterocycles. The fraction of sp³-hybridized carbons (Fsp3) is 0.125. The molecule has 0 amide bonds. The number of nitrogen functional groups attached to an aromatic ring is 1. The maximum absolute atomic E-state index is 5.70. The lowest BCUT2D eigenvalue weighted by Crippen LogP contribution is -1.86. The van der Waals surface area contributed by atoms with Crippen LogP contribution in [0, 0.1) is 6.92 Å². The second-order valence-corrected chi connectivity index (χ2v) is 3.51. The zero-order chi connectivity index (χ0) is 8.55. The van der Waals surface area contributed by atoms with Crippen LogP contribution in [0.15, 0.2) is 17.5 Å². The molecule has 0 bridgehead atoms. The first-order valence-corrected chi connectivity index (χ1v) is 4.51. The van der Waals surface area contributed by atoms with Crippen molar-refractivity contribution < 1.29 is 0 Å². The van der Waals surface area contributed by atoms with Gasteiger partial charge in [0.15, 0.2) is 5.82 Å². The first-order chi connectivity index (χ1) is 5.77. The van der Waals surface area contributed by atoms with Gasteiger partial charge in [0.2, 0.25) is 0 Å². The molecule has 0 radical (unpaired) electrons. The maximum Gasteiger partial charge on any atom is 0.150 e. The van der Waals surface area contributed by atoms with E-state index in [0.717, 1.165) is 16.4 Å². The van der Waals surface area contributed by atoms with Gasteiger partial charge in [-0.25, -0.2) is 4.98 Å². The summed E-state index contributed by atoms with van der Waals surface area (Å²) in [6, 6.07) is 4.02. The van der Waals surface area contributed by atoms with E-state index < -0.39 is 0 Å². The topological polar surface area (TPSA) is 54.7 Å². The molecule has 2 rings (SSSR count). The van der Waals surface area contributed by atoms with Crippen molar-refractivity contribution in [1.29, 1.82) is 0 Å². The predicted molar refractivity (Wildman–Crippen MR) is 51.1 cm³/mol. The first-order valence-electron chi connectivity index (χ1n) is 3.63. The molecular weight excluding hydrogens is 170 g/mol. The number of anilines is 1. The highest BCUT2D eigenvalue weighted by molar-refractivity contribution is 7.13. The van der Waals surface area contributed by atoms with E-state index in [9.17, 15) is 0 Å².